The standard InChI is InChI=1S/C23H20ClN3O2/c1-15(16-10-12-19(29-2)13-11-16)26-27-22(17-6-5-7-18(24)14-17)25-21-9-4-3-8-20(21)23(27)28/h3-14,22,25H,1-2H3. The van der Waals surface area contributed by atoms with Crippen LogP contribution >= 0.6 is 11.6 Å². The molecule has 1 N–H and O–H groups in total. The molecule has 5 nitrogen and oxygen atoms in total. The first-order valence-corrected chi connectivity index (χ1v) is 9.59. The van der Waals surface area contributed by atoms with Crippen molar-refractivity contribution in [3.8, 4) is 5.75 Å². The van der Waals surface area contributed by atoms with Crippen molar-refractivity contribution in [1.82, 2.24) is 5.01 Å². The average Bonchev–Trinajstić information content (AvgIpc) is 2.75. The highest BCUT2D eigenvalue weighted by Crippen LogP contribution is 2.34. The summed E-state index contributed by atoms with van der Waals surface area (Å²) < 4.78 is 5.21. The van der Waals surface area contributed by atoms with Crippen LogP contribution in [-0.4, -0.2) is 23.7 Å². The van der Waals surface area contributed by atoms with E-state index in [1.54, 1.807) is 19.2 Å². The van der Waals surface area contributed by atoms with E-state index in [-0.39, 0.29) is 5.91 Å². The molecule has 29 heavy (non-hydrogen) atoms. The highest BCUT2D eigenvalue weighted by molar-refractivity contribution is 6.30. The fourth-order valence-electron chi connectivity index (χ4n) is 3.30. The number of amides is 1. The van der Waals surface area contributed by atoms with Crippen LogP contribution in [0.15, 0.2) is 77.9 Å². The second-order valence-electron chi connectivity index (χ2n) is 6.71. The summed E-state index contributed by atoms with van der Waals surface area (Å²) in [6, 6.07) is 22.4. The van der Waals surface area contributed by atoms with Gasteiger partial charge in [0.25, 0.3) is 5.91 Å². The van der Waals surface area contributed by atoms with E-state index in [1.165, 1.54) is 5.01 Å². The first kappa shape index (κ1) is 19.0. The summed E-state index contributed by atoms with van der Waals surface area (Å²) in [7, 11) is 1.63. The van der Waals surface area contributed by atoms with Crippen molar-refractivity contribution < 1.29 is 9.53 Å². The molecular formula is C23H20ClN3O2. The van der Waals surface area contributed by atoms with Crippen molar-refractivity contribution in [2.45, 2.75) is 13.1 Å². The minimum Gasteiger partial charge on any atom is -0.497 e. The maximum absolute atomic E-state index is 13.3. The molecule has 0 spiro atoms. The fraction of sp³-hybridized carbons (Fsp3) is 0.130. The van der Waals surface area contributed by atoms with E-state index in [2.05, 4.69) is 10.4 Å². The molecule has 3 aromatic carbocycles. The summed E-state index contributed by atoms with van der Waals surface area (Å²) in [6.45, 7) is 1.88. The topological polar surface area (TPSA) is 53.9 Å². The van der Waals surface area contributed by atoms with Crippen LogP contribution in [0.25, 0.3) is 0 Å². The number of rotatable bonds is 4. The van der Waals surface area contributed by atoms with Crippen molar-refractivity contribution in [3.05, 3.63) is 94.5 Å². The molecule has 0 radical (unpaired) electrons. The number of carbonyl (C=O) groups excluding carboxylic acids is 1. The van der Waals surface area contributed by atoms with Gasteiger partial charge in [-0.25, -0.2) is 5.01 Å². The second kappa shape index (κ2) is 7.97. The molecule has 1 amide bonds. The number of anilines is 1. The van der Waals surface area contributed by atoms with Crippen LogP contribution in [0.2, 0.25) is 5.02 Å². The Morgan fingerprint density at radius 2 is 1.83 bits per heavy atom. The third kappa shape index (κ3) is 3.82. The molecule has 4 rings (SSSR count). The Balaban J connectivity index is 1.77. The number of fused-ring (bicyclic) bond motifs is 1. The number of hydrogen-bond acceptors (Lipinski definition) is 4. The van der Waals surface area contributed by atoms with Gasteiger partial charge in [0.2, 0.25) is 0 Å². The van der Waals surface area contributed by atoms with Gasteiger partial charge < -0.3 is 10.1 Å². The lowest BCUT2D eigenvalue weighted by molar-refractivity contribution is 0.0690. The summed E-state index contributed by atoms with van der Waals surface area (Å²) in [4.78, 5) is 13.3. The molecular weight excluding hydrogens is 386 g/mol. The van der Waals surface area contributed by atoms with Crippen molar-refractivity contribution in [2.75, 3.05) is 12.4 Å². The van der Waals surface area contributed by atoms with Crippen LogP contribution in [0.1, 0.15) is 34.6 Å². The van der Waals surface area contributed by atoms with Crippen molar-refractivity contribution in [2.24, 2.45) is 5.10 Å². The zero-order valence-corrected chi connectivity index (χ0v) is 16.9. The maximum Gasteiger partial charge on any atom is 0.278 e. The normalized spacial score (nSPS) is 16.2. The van der Waals surface area contributed by atoms with E-state index in [0.29, 0.717) is 16.3 Å². The molecule has 6 heteroatoms. The van der Waals surface area contributed by atoms with E-state index in [0.717, 1.165) is 22.6 Å². The molecule has 146 valence electrons. The SMILES string of the molecule is COc1ccc(C(C)=NN2C(=O)c3ccccc3NC2c2cccc(Cl)c2)cc1. The third-order valence-electron chi connectivity index (χ3n) is 4.83. The number of nitrogens with one attached hydrogen (secondary N) is 1. The highest BCUT2D eigenvalue weighted by atomic mass is 35.5. The summed E-state index contributed by atoms with van der Waals surface area (Å²) in [5.74, 6) is 0.597. The first-order valence-electron chi connectivity index (χ1n) is 9.21. The zero-order valence-electron chi connectivity index (χ0n) is 16.1. The van der Waals surface area contributed by atoms with E-state index in [1.807, 2.05) is 67.6 Å². The number of ether oxygens (including phenoxy) is 1. The van der Waals surface area contributed by atoms with Gasteiger partial charge in [-0.2, -0.15) is 5.10 Å². The number of para-hydroxylation sites is 1. The summed E-state index contributed by atoms with van der Waals surface area (Å²) in [6.07, 6.45) is -0.468. The molecule has 3 aromatic rings. The lowest BCUT2D eigenvalue weighted by Gasteiger charge is -2.35. The van der Waals surface area contributed by atoms with Crippen molar-refractivity contribution in [3.63, 3.8) is 0 Å². The molecule has 1 unspecified atom stereocenters. The maximum atomic E-state index is 13.3. The third-order valence-corrected chi connectivity index (χ3v) is 5.07. The predicted molar refractivity (Wildman–Crippen MR) is 116 cm³/mol. The van der Waals surface area contributed by atoms with Crippen LogP contribution < -0.4 is 10.1 Å². The molecule has 0 aliphatic carbocycles. The average molecular weight is 406 g/mol. The monoisotopic (exact) mass is 405 g/mol. The van der Waals surface area contributed by atoms with Crippen molar-refractivity contribution >= 4 is 28.9 Å². The Morgan fingerprint density at radius 1 is 1.07 bits per heavy atom. The van der Waals surface area contributed by atoms with Gasteiger partial charge in [-0.3, -0.25) is 4.79 Å². The molecule has 0 aromatic heterocycles. The molecule has 0 saturated carbocycles. The number of halogens is 1. The van der Waals surface area contributed by atoms with Crippen LogP contribution in [0.5, 0.6) is 5.75 Å². The quantitative estimate of drug-likeness (QED) is 0.596. The second-order valence-corrected chi connectivity index (χ2v) is 7.15. The molecule has 0 bridgehead atoms. The van der Waals surface area contributed by atoms with E-state index >= 15 is 0 Å². The minimum atomic E-state index is -0.468. The van der Waals surface area contributed by atoms with Gasteiger partial charge >= 0.3 is 0 Å². The van der Waals surface area contributed by atoms with Crippen LogP contribution in [0.3, 0.4) is 0 Å². The zero-order chi connectivity index (χ0) is 20.4. The molecule has 0 fully saturated rings. The Kier molecular flexibility index (Phi) is 5.23. The first-order chi connectivity index (χ1) is 14.1. The number of carbonyl (C=O) groups is 1. The molecule has 0 saturated heterocycles. The van der Waals surface area contributed by atoms with Crippen molar-refractivity contribution in [1.29, 1.82) is 0 Å². The molecule has 1 aliphatic rings. The van der Waals surface area contributed by atoms with Gasteiger partial charge in [0, 0.05) is 10.7 Å². The molecule has 1 heterocycles. The summed E-state index contributed by atoms with van der Waals surface area (Å²) in [5, 5.41) is 10.2. The van der Waals surface area contributed by atoms with E-state index in [9.17, 15) is 4.79 Å². The number of hydrazone groups is 1. The van der Waals surface area contributed by atoms with E-state index < -0.39 is 6.17 Å². The lowest BCUT2D eigenvalue weighted by Crippen LogP contribution is -2.40. The number of benzene rings is 3. The predicted octanol–water partition coefficient (Wildman–Crippen LogP) is 5.34. The summed E-state index contributed by atoms with van der Waals surface area (Å²) in [5.41, 5.74) is 3.83. The summed E-state index contributed by atoms with van der Waals surface area (Å²) >= 11 is 6.20. The van der Waals surface area contributed by atoms with Gasteiger partial charge in [-0.1, -0.05) is 35.9 Å². The Labute approximate surface area is 174 Å². The van der Waals surface area contributed by atoms with Gasteiger partial charge in [0.1, 0.15) is 5.75 Å². The largest absolute Gasteiger partial charge is 0.497 e. The van der Waals surface area contributed by atoms with Crippen LogP contribution in [0.4, 0.5) is 5.69 Å². The minimum absolute atomic E-state index is 0.169. The number of nitrogens with zero attached hydrogens (tertiary/aromatic N) is 2. The van der Waals surface area contributed by atoms with Gasteiger partial charge in [0.15, 0.2) is 6.17 Å². The Bertz CT molecular complexity index is 1080. The Hall–Kier alpha value is -3.31. The highest BCUT2D eigenvalue weighted by Gasteiger charge is 2.33. The molecule has 1 aliphatic heterocycles. The van der Waals surface area contributed by atoms with E-state index in [4.69, 9.17) is 16.3 Å². The number of methoxy groups -OCH3 is 1. The number of hydrogen-bond donors (Lipinski definition) is 1. The smallest absolute Gasteiger partial charge is 0.278 e. The van der Waals surface area contributed by atoms with Crippen LogP contribution in [0, 0.1) is 0 Å². The van der Waals surface area contributed by atoms with Crippen LogP contribution in [-0.2, 0) is 0 Å². The molecule has 1 atom stereocenters. The van der Waals surface area contributed by atoms with Gasteiger partial charge in [-0.05, 0) is 66.6 Å². The van der Waals surface area contributed by atoms with Gasteiger partial charge in [0.05, 0.1) is 18.4 Å². The van der Waals surface area contributed by atoms with Gasteiger partial charge in [-0.15, -0.1) is 0 Å². The Morgan fingerprint density at radius 3 is 2.55 bits per heavy atom. The fourth-order valence-corrected chi connectivity index (χ4v) is 3.50. The lowest BCUT2D eigenvalue weighted by atomic mass is 10.0.